The summed E-state index contributed by atoms with van der Waals surface area (Å²) in [6, 6.07) is 18.4. The highest BCUT2D eigenvalue weighted by molar-refractivity contribution is 8.93. The first kappa shape index (κ1) is 15.3. The fourth-order valence-corrected chi connectivity index (χ4v) is 2.53. The van der Waals surface area contributed by atoms with E-state index in [9.17, 15) is 0 Å². The molecular formula is C17H18BrN3. The molecule has 3 nitrogen and oxygen atoms in total. The van der Waals surface area contributed by atoms with Crippen molar-refractivity contribution in [1.29, 1.82) is 5.41 Å². The lowest BCUT2D eigenvalue weighted by atomic mass is 10.2. The SMILES string of the molecule is Br.C=CCn1c(=N)n(Cc2ccccc2)c2ccccc21. The van der Waals surface area contributed by atoms with Gasteiger partial charge in [0.15, 0.2) is 0 Å². The van der Waals surface area contributed by atoms with Crippen LogP contribution in [-0.4, -0.2) is 9.13 Å². The zero-order chi connectivity index (χ0) is 13.9. The monoisotopic (exact) mass is 343 g/mol. The molecule has 21 heavy (non-hydrogen) atoms. The van der Waals surface area contributed by atoms with E-state index >= 15 is 0 Å². The van der Waals surface area contributed by atoms with Crippen molar-refractivity contribution in [2.75, 3.05) is 0 Å². The van der Waals surface area contributed by atoms with E-state index in [4.69, 9.17) is 5.41 Å². The molecule has 108 valence electrons. The van der Waals surface area contributed by atoms with Crippen LogP contribution in [0.5, 0.6) is 0 Å². The maximum Gasteiger partial charge on any atom is 0.203 e. The van der Waals surface area contributed by atoms with Gasteiger partial charge in [0.05, 0.1) is 17.6 Å². The molecule has 2 aromatic carbocycles. The largest absolute Gasteiger partial charge is 0.307 e. The Morgan fingerprint density at radius 1 is 0.905 bits per heavy atom. The summed E-state index contributed by atoms with van der Waals surface area (Å²) in [4.78, 5) is 0. The van der Waals surface area contributed by atoms with Crippen LogP contribution >= 0.6 is 17.0 Å². The van der Waals surface area contributed by atoms with Crippen LogP contribution in [0.15, 0.2) is 67.3 Å². The number of hydrogen-bond acceptors (Lipinski definition) is 1. The number of allylic oxidation sites excluding steroid dienone is 1. The van der Waals surface area contributed by atoms with Gasteiger partial charge < -0.3 is 9.13 Å². The molecule has 3 aromatic rings. The molecular weight excluding hydrogens is 326 g/mol. The molecule has 0 unspecified atom stereocenters. The van der Waals surface area contributed by atoms with Crippen molar-refractivity contribution in [2.24, 2.45) is 0 Å². The minimum atomic E-state index is 0. The fourth-order valence-electron chi connectivity index (χ4n) is 2.53. The number of halogens is 1. The Morgan fingerprint density at radius 3 is 2.10 bits per heavy atom. The third kappa shape index (κ3) is 2.85. The zero-order valence-electron chi connectivity index (χ0n) is 11.7. The number of nitrogens with zero attached hydrogens (tertiary/aromatic N) is 2. The van der Waals surface area contributed by atoms with Crippen molar-refractivity contribution >= 4 is 28.0 Å². The zero-order valence-corrected chi connectivity index (χ0v) is 13.4. The van der Waals surface area contributed by atoms with Crippen molar-refractivity contribution in [2.45, 2.75) is 13.1 Å². The highest BCUT2D eigenvalue weighted by Gasteiger charge is 2.09. The van der Waals surface area contributed by atoms with E-state index in [-0.39, 0.29) is 17.0 Å². The lowest BCUT2D eigenvalue weighted by molar-refractivity contribution is 0.671. The van der Waals surface area contributed by atoms with Crippen LogP contribution in [0.2, 0.25) is 0 Å². The summed E-state index contributed by atoms with van der Waals surface area (Å²) in [6.45, 7) is 5.15. The van der Waals surface area contributed by atoms with Gasteiger partial charge in [0.2, 0.25) is 5.62 Å². The van der Waals surface area contributed by atoms with E-state index in [0.717, 1.165) is 11.0 Å². The van der Waals surface area contributed by atoms with Crippen LogP contribution in [0.3, 0.4) is 0 Å². The topological polar surface area (TPSA) is 33.7 Å². The van der Waals surface area contributed by atoms with Crippen molar-refractivity contribution < 1.29 is 0 Å². The molecule has 3 rings (SSSR count). The molecule has 0 aliphatic carbocycles. The minimum absolute atomic E-state index is 0. The number of fused-ring (bicyclic) bond motifs is 1. The molecule has 1 N–H and O–H groups in total. The predicted molar refractivity (Wildman–Crippen MR) is 91.8 cm³/mol. The molecule has 0 amide bonds. The first-order valence-corrected chi connectivity index (χ1v) is 6.68. The highest BCUT2D eigenvalue weighted by Crippen LogP contribution is 2.14. The third-order valence-electron chi connectivity index (χ3n) is 3.47. The Balaban J connectivity index is 0.00000161. The molecule has 4 heteroatoms. The molecule has 0 aliphatic rings. The first-order valence-electron chi connectivity index (χ1n) is 6.68. The highest BCUT2D eigenvalue weighted by atomic mass is 79.9. The van der Waals surface area contributed by atoms with Crippen LogP contribution in [0.1, 0.15) is 5.56 Å². The third-order valence-corrected chi connectivity index (χ3v) is 3.47. The van der Waals surface area contributed by atoms with E-state index in [1.165, 1.54) is 5.56 Å². The number of aromatic nitrogens is 2. The van der Waals surface area contributed by atoms with Crippen molar-refractivity contribution in [3.63, 3.8) is 0 Å². The lowest BCUT2D eigenvalue weighted by Gasteiger charge is -2.04. The van der Waals surface area contributed by atoms with Gasteiger partial charge >= 0.3 is 0 Å². The lowest BCUT2D eigenvalue weighted by Crippen LogP contribution is -2.24. The number of benzene rings is 2. The Bertz CT molecular complexity index is 800. The van der Waals surface area contributed by atoms with Gasteiger partial charge in [-0.25, -0.2) is 0 Å². The van der Waals surface area contributed by atoms with Crippen LogP contribution in [0.4, 0.5) is 0 Å². The quantitative estimate of drug-likeness (QED) is 0.700. The van der Waals surface area contributed by atoms with Gasteiger partial charge in [0, 0.05) is 6.54 Å². The maximum absolute atomic E-state index is 8.41. The average Bonchev–Trinajstić information content (AvgIpc) is 2.75. The summed E-state index contributed by atoms with van der Waals surface area (Å²) in [6.07, 6.45) is 1.83. The second kappa shape index (κ2) is 6.59. The van der Waals surface area contributed by atoms with E-state index in [1.807, 2.05) is 45.5 Å². The predicted octanol–water partition coefficient (Wildman–Crippen LogP) is 3.73. The van der Waals surface area contributed by atoms with Crippen molar-refractivity contribution in [3.05, 3.63) is 78.4 Å². The van der Waals surface area contributed by atoms with Crippen molar-refractivity contribution in [1.82, 2.24) is 9.13 Å². The molecule has 0 saturated heterocycles. The Kier molecular flexibility index (Phi) is 4.81. The molecule has 0 bridgehead atoms. The summed E-state index contributed by atoms with van der Waals surface area (Å²) < 4.78 is 4.01. The van der Waals surface area contributed by atoms with E-state index in [2.05, 4.69) is 30.8 Å². The standard InChI is InChI=1S/C17H17N3.BrH/c1-2-12-19-15-10-6-7-11-16(15)20(17(19)18)13-14-8-4-3-5-9-14;/h2-11,18H,1,12-13H2;1H. The summed E-state index contributed by atoms with van der Waals surface area (Å²) >= 11 is 0. The van der Waals surface area contributed by atoms with Gasteiger partial charge in [-0.1, -0.05) is 48.5 Å². The molecule has 0 spiro atoms. The van der Waals surface area contributed by atoms with Crippen LogP contribution in [-0.2, 0) is 13.1 Å². The Morgan fingerprint density at radius 2 is 1.48 bits per heavy atom. The molecule has 0 atom stereocenters. The number of hydrogen-bond donors (Lipinski definition) is 1. The number of imidazole rings is 1. The summed E-state index contributed by atoms with van der Waals surface area (Å²) in [5.41, 5.74) is 3.87. The summed E-state index contributed by atoms with van der Waals surface area (Å²) in [5.74, 6) is 0. The van der Waals surface area contributed by atoms with Crippen LogP contribution in [0.25, 0.3) is 11.0 Å². The summed E-state index contributed by atoms with van der Waals surface area (Å²) in [5, 5.41) is 8.41. The van der Waals surface area contributed by atoms with Crippen LogP contribution in [0, 0.1) is 5.41 Å². The average molecular weight is 344 g/mol. The van der Waals surface area contributed by atoms with E-state index < -0.39 is 0 Å². The van der Waals surface area contributed by atoms with Gasteiger partial charge in [0.25, 0.3) is 0 Å². The normalized spacial score (nSPS) is 10.3. The molecule has 0 fully saturated rings. The first-order chi connectivity index (χ1) is 9.81. The number of para-hydroxylation sites is 2. The smallest absolute Gasteiger partial charge is 0.203 e. The van der Waals surface area contributed by atoms with Gasteiger partial charge in [-0.3, -0.25) is 5.41 Å². The van der Waals surface area contributed by atoms with Gasteiger partial charge in [-0.2, -0.15) is 0 Å². The fraction of sp³-hybridized carbons (Fsp3) is 0.118. The van der Waals surface area contributed by atoms with Gasteiger partial charge in [0.1, 0.15) is 0 Å². The van der Waals surface area contributed by atoms with Gasteiger partial charge in [-0.15, -0.1) is 23.6 Å². The Hall–Kier alpha value is -2.07. The number of nitrogens with one attached hydrogen (secondary N) is 1. The molecule has 1 heterocycles. The molecule has 0 radical (unpaired) electrons. The maximum atomic E-state index is 8.41. The van der Waals surface area contributed by atoms with Crippen molar-refractivity contribution in [3.8, 4) is 0 Å². The summed E-state index contributed by atoms with van der Waals surface area (Å²) in [7, 11) is 0. The van der Waals surface area contributed by atoms with Gasteiger partial charge in [-0.05, 0) is 17.7 Å². The Labute approximate surface area is 134 Å². The second-order valence-corrected chi connectivity index (χ2v) is 4.78. The van der Waals surface area contributed by atoms with E-state index in [0.29, 0.717) is 18.7 Å². The number of rotatable bonds is 4. The van der Waals surface area contributed by atoms with Crippen LogP contribution < -0.4 is 5.62 Å². The molecule has 1 aromatic heterocycles. The molecule has 0 aliphatic heterocycles. The minimum Gasteiger partial charge on any atom is -0.307 e. The second-order valence-electron chi connectivity index (χ2n) is 4.78. The van der Waals surface area contributed by atoms with E-state index in [1.54, 1.807) is 0 Å². The molecule has 0 saturated carbocycles.